The second-order valence-electron chi connectivity index (χ2n) is 6.81. The van der Waals surface area contributed by atoms with Crippen LogP contribution in [0.25, 0.3) is 0 Å². The van der Waals surface area contributed by atoms with E-state index in [1.165, 1.54) is 12.5 Å². The van der Waals surface area contributed by atoms with Gasteiger partial charge in [0.05, 0.1) is 19.5 Å². The lowest BCUT2D eigenvalue weighted by Crippen LogP contribution is -2.41. The Hall–Kier alpha value is -2.39. The monoisotopic (exact) mass is 393 g/mol. The van der Waals surface area contributed by atoms with E-state index in [0.29, 0.717) is 12.2 Å². The van der Waals surface area contributed by atoms with Crippen molar-refractivity contribution < 1.29 is 23.1 Å². The molecule has 0 aliphatic carbocycles. The van der Waals surface area contributed by atoms with Crippen LogP contribution in [0.15, 0.2) is 41.8 Å². The van der Waals surface area contributed by atoms with Crippen LogP contribution >= 0.6 is 0 Å². The molecule has 0 bridgehead atoms. The summed E-state index contributed by atoms with van der Waals surface area (Å²) in [6, 6.07) is 5.38. The predicted molar refractivity (Wildman–Crippen MR) is 98.0 cm³/mol. The highest BCUT2D eigenvalue weighted by atomic mass is 32.2. The minimum absolute atomic E-state index is 0.0488. The van der Waals surface area contributed by atoms with Gasteiger partial charge < -0.3 is 14.4 Å². The molecule has 1 saturated heterocycles. The number of carboxylic acid groups (broad SMARTS) is 1. The van der Waals surface area contributed by atoms with Crippen molar-refractivity contribution in [2.45, 2.75) is 49.8 Å². The second kappa shape index (κ2) is 7.32. The Bertz CT molecular complexity index is 921. The highest BCUT2D eigenvalue weighted by molar-refractivity contribution is 7.89. The van der Waals surface area contributed by atoms with Crippen LogP contribution in [0.1, 0.15) is 44.3 Å². The van der Waals surface area contributed by atoms with Crippen molar-refractivity contribution in [3.05, 3.63) is 42.4 Å². The van der Waals surface area contributed by atoms with Crippen molar-refractivity contribution in [3.8, 4) is 5.75 Å². The number of methoxy groups -OCH3 is 1. The lowest BCUT2D eigenvalue weighted by atomic mass is 10.1. The number of benzene rings is 1. The number of aliphatic carboxylic acids is 1. The Morgan fingerprint density at radius 2 is 1.93 bits per heavy atom. The summed E-state index contributed by atoms with van der Waals surface area (Å²) in [5.74, 6) is -0.505. The highest BCUT2D eigenvalue weighted by Gasteiger charge is 2.47. The lowest BCUT2D eigenvalue weighted by molar-refractivity contribution is -0.140. The average Bonchev–Trinajstić information content (AvgIpc) is 3.29. The molecule has 0 radical (unpaired) electrons. The van der Waals surface area contributed by atoms with Gasteiger partial charge in [-0.3, -0.25) is 4.79 Å². The summed E-state index contributed by atoms with van der Waals surface area (Å²) in [4.78, 5) is 15.8. The molecule has 8 nitrogen and oxygen atoms in total. The smallest absolute Gasteiger partial charge is 0.322 e. The third kappa shape index (κ3) is 3.57. The van der Waals surface area contributed by atoms with Crippen LogP contribution < -0.4 is 4.74 Å². The Morgan fingerprint density at radius 1 is 1.26 bits per heavy atom. The molecule has 9 heteroatoms. The Kier molecular flexibility index (Phi) is 5.25. The van der Waals surface area contributed by atoms with Crippen LogP contribution in [-0.4, -0.2) is 46.5 Å². The molecule has 0 unspecified atom stereocenters. The maximum atomic E-state index is 13.3. The zero-order chi connectivity index (χ0) is 19.8. The summed E-state index contributed by atoms with van der Waals surface area (Å²) in [6.45, 7) is 3.82. The quantitative estimate of drug-likeness (QED) is 0.809. The molecule has 2 heterocycles. The number of aromatic nitrogens is 2. The summed E-state index contributed by atoms with van der Waals surface area (Å²) in [5, 5.41) is 9.45. The summed E-state index contributed by atoms with van der Waals surface area (Å²) in [5.41, 5.74) is 0.728. The normalized spacial score (nSPS) is 20.9. The number of nitrogens with zero attached hydrogens (tertiary/aromatic N) is 3. The average molecular weight is 393 g/mol. The molecule has 2 atom stereocenters. The molecule has 2 aromatic rings. The molecule has 146 valence electrons. The molecular weight excluding hydrogens is 370 g/mol. The topological polar surface area (TPSA) is 102 Å². The predicted octanol–water partition coefficient (Wildman–Crippen LogP) is 2.45. The van der Waals surface area contributed by atoms with E-state index in [-0.39, 0.29) is 17.5 Å². The standard InChI is InChI=1S/C18H23N3O5S/c1-12(2)20-10-17(19-11-20)27(24,25)21-15(8-9-16(21)18(22)23)13-4-6-14(26-3)7-5-13/h4-7,10-12,15-16H,8-9H2,1-3H3,(H,22,23)/t15-,16-/m0/s1. The lowest BCUT2D eigenvalue weighted by Gasteiger charge is -2.27. The number of hydrogen-bond donors (Lipinski definition) is 1. The van der Waals surface area contributed by atoms with Crippen molar-refractivity contribution in [2.75, 3.05) is 7.11 Å². The van der Waals surface area contributed by atoms with Gasteiger partial charge in [0.25, 0.3) is 10.0 Å². The van der Waals surface area contributed by atoms with E-state index in [1.54, 1.807) is 35.9 Å². The van der Waals surface area contributed by atoms with Crippen LogP contribution in [0.3, 0.4) is 0 Å². The molecule has 1 aromatic carbocycles. The maximum Gasteiger partial charge on any atom is 0.322 e. The van der Waals surface area contributed by atoms with Crippen molar-refractivity contribution in [1.82, 2.24) is 13.9 Å². The first-order valence-corrected chi connectivity index (χ1v) is 10.1. The van der Waals surface area contributed by atoms with E-state index in [0.717, 1.165) is 9.87 Å². The minimum Gasteiger partial charge on any atom is -0.497 e. The zero-order valence-electron chi connectivity index (χ0n) is 15.4. The van der Waals surface area contributed by atoms with Crippen molar-refractivity contribution in [2.24, 2.45) is 0 Å². The zero-order valence-corrected chi connectivity index (χ0v) is 16.3. The number of carbonyl (C=O) groups is 1. The fourth-order valence-electron chi connectivity index (χ4n) is 3.34. The van der Waals surface area contributed by atoms with Crippen molar-refractivity contribution >= 4 is 16.0 Å². The van der Waals surface area contributed by atoms with Gasteiger partial charge in [0.15, 0.2) is 5.03 Å². The minimum atomic E-state index is -4.07. The van der Waals surface area contributed by atoms with Crippen LogP contribution in [0, 0.1) is 0 Å². The number of hydrogen-bond acceptors (Lipinski definition) is 5. The van der Waals surface area contributed by atoms with Gasteiger partial charge in [-0.15, -0.1) is 0 Å². The maximum absolute atomic E-state index is 13.3. The summed E-state index contributed by atoms with van der Waals surface area (Å²) in [7, 11) is -2.52. The second-order valence-corrected chi connectivity index (χ2v) is 8.60. The molecular formula is C18H23N3O5S. The van der Waals surface area contributed by atoms with Crippen LogP contribution in [0.2, 0.25) is 0 Å². The number of imidazole rings is 1. The van der Waals surface area contributed by atoms with E-state index in [2.05, 4.69) is 4.98 Å². The van der Waals surface area contributed by atoms with Gasteiger partial charge in [-0.05, 0) is 44.4 Å². The Labute approximate surface area is 158 Å². The highest BCUT2D eigenvalue weighted by Crippen LogP contribution is 2.40. The summed E-state index contributed by atoms with van der Waals surface area (Å²) in [6.07, 6.45) is 3.57. The summed E-state index contributed by atoms with van der Waals surface area (Å²) >= 11 is 0. The van der Waals surface area contributed by atoms with Crippen LogP contribution in [0.5, 0.6) is 5.75 Å². The van der Waals surface area contributed by atoms with Gasteiger partial charge in [0.2, 0.25) is 0 Å². The van der Waals surface area contributed by atoms with E-state index in [1.807, 2.05) is 13.8 Å². The molecule has 0 saturated carbocycles. The summed E-state index contributed by atoms with van der Waals surface area (Å²) < 4.78 is 34.4. The van der Waals surface area contributed by atoms with Gasteiger partial charge in [0, 0.05) is 12.2 Å². The molecule has 1 aliphatic rings. The number of rotatable bonds is 6. The first kappa shape index (κ1) is 19.4. The van der Waals surface area contributed by atoms with Crippen LogP contribution in [-0.2, 0) is 14.8 Å². The van der Waals surface area contributed by atoms with Gasteiger partial charge in [-0.2, -0.15) is 4.31 Å². The van der Waals surface area contributed by atoms with Gasteiger partial charge in [-0.1, -0.05) is 12.1 Å². The molecule has 0 spiro atoms. The number of sulfonamides is 1. The fraction of sp³-hybridized carbons (Fsp3) is 0.444. The third-order valence-electron chi connectivity index (χ3n) is 4.83. The Balaban J connectivity index is 2.03. The molecule has 3 rings (SSSR count). The largest absolute Gasteiger partial charge is 0.497 e. The first-order valence-electron chi connectivity index (χ1n) is 8.69. The molecule has 1 aliphatic heterocycles. The molecule has 1 aromatic heterocycles. The van der Waals surface area contributed by atoms with E-state index < -0.39 is 28.1 Å². The molecule has 1 N–H and O–H groups in total. The fourth-order valence-corrected chi connectivity index (χ4v) is 5.08. The first-order chi connectivity index (χ1) is 12.8. The van der Waals surface area contributed by atoms with Gasteiger partial charge in [-0.25, -0.2) is 13.4 Å². The van der Waals surface area contributed by atoms with Crippen LogP contribution in [0.4, 0.5) is 0 Å². The van der Waals surface area contributed by atoms with Gasteiger partial charge in [0.1, 0.15) is 11.8 Å². The third-order valence-corrected chi connectivity index (χ3v) is 6.63. The SMILES string of the molecule is COc1ccc([C@@H]2CC[C@@H](C(=O)O)N2S(=O)(=O)c2cn(C(C)C)cn2)cc1. The van der Waals surface area contributed by atoms with E-state index in [4.69, 9.17) is 4.74 Å². The Morgan fingerprint density at radius 3 is 2.44 bits per heavy atom. The van der Waals surface area contributed by atoms with Gasteiger partial charge >= 0.3 is 5.97 Å². The molecule has 1 fully saturated rings. The molecule has 27 heavy (non-hydrogen) atoms. The van der Waals surface area contributed by atoms with E-state index in [9.17, 15) is 18.3 Å². The number of carboxylic acids is 1. The van der Waals surface area contributed by atoms with E-state index >= 15 is 0 Å². The van der Waals surface area contributed by atoms with Crippen molar-refractivity contribution in [3.63, 3.8) is 0 Å². The van der Waals surface area contributed by atoms with Crippen molar-refractivity contribution in [1.29, 1.82) is 0 Å². The number of ether oxygens (including phenoxy) is 1. The molecule has 0 amide bonds.